The fraction of sp³-hybridized carbons (Fsp3) is 0.632. The normalized spacial score (nSPS) is 17.4. The molecule has 1 unspecified atom stereocenters. The van der Waals surface area contributed by atoms with Crippen molar-refractivity contribution >= 4 is 5.91 Å². The van der Waals surface area contributed by atoms with Gasteiger partial charge in [0, 0.05) is 19.1 Å². The Labute approximate surface area is 140 Å². The molecule has 1 saturated heterocycles. The highest BCUT2D eigenvalue weighted by atomic mass is 16.5. The maximum Gasteiger partial charge on any atom is 0.263 e. The van der Waals surface area contributed by atoms with Crippen LogP contribution in [0.5, 0.6) is 5.75 Å². The van der Waals surface area contributed by atoms with Crippen LogP contribution in [0.25, 0.3) is 0 Å². The largest absolute Gasteiger partial charge is 0.480 e. The summed E-state index contributed by atoms with van der Waals surface area (Å²) < 4.78 is 6.19. The smallest absolute Gasteiger partial charge is 0.263 e. The van der Waals surface area contributed by atoms with Crippen molar-refractivity contribution in [2.45, 2.75) is 59.6 Å². The van der Waals surface area contributed by atoms with Crippen molar-refractivity contribution in [1.82, 2.24) is 4.90 Å². The van der Waals surface area contributed by atoms with Gasteiger partial charge in [-0.3, -0.25) is 4.79 Å². The zero-order valence-electron chi connectivity index (χ0n) is 15.1. The van der Waals surface area contributed by atoms with Crippen LogP contribution in [0.3, 0.4) is 0 Å². The van der Waals surface area contributed by atoms with Crippen LogP contribution in [0, 0.1) is 26.7 Å². The molecule has 2 N–H and O–H groups in total. The quantitative estimate of drug-likeness (QED) is 0.928. The van der Waals surface area contributed by atoms with Gasteiger partial charge in [-0.25, -0.2) is 0 Å². The van der Waals surface area contributed by atoms with Gasteiger partial charge in [-0.15, -0.1) is 0 Å². The molecule has 1 atom stereocenters. The molecule has 0 aromatic heterocycles. The highest BCUT2D eigenvalue weighted by molar-refractivity contribution is 5.81. The average molecular weight is 318 g/mol. The first-order valence-corrected chi connectivity index (χ1v) is 8.58. The molecule has 128 valence electrons. The van der Waals surface area contributed by atoms with Crippen molar-refractivity contribution < 1.29 is 9.53 Å². The number of nitrogens with two attached hydrogens (primary N) is 1. The second-order valence-electron chi connectivity index (χ2n) is 7.15. The standard InChI is InChI=1S/C19H30N2O2/c1-12(2)18(19(22)21-8-6-16(20)7-9-21)23-17-11-13(3)10-14(4)15(17)5/h10-12,16,18H,6-9,20H2,1-5H3. The van der Waals surface area contributed by atoms with E-state index in [1.165, 1.54) is 5.56 Å². The van der Waals surface area contributed by atoms with Crippen molar-refractivity contribution in [2.75, 3.05) is 13.1 Å². The van der Waals surface area contributed by atoms with Crippen molar-refractivity contribution in [3.63, 3.8) is 0 Å². The molecule has 0 saturated carbocycles. The van der Waals surface area contributed by atoms with E-state index in [1.807, 2.05) is 31.7 Å². The Balaban J connectivity index is 2.17. The number of amides is 1. The summed E-state index contributed by atoms with van der Waals surface area (Å²) in [5.74, 6) is 1.03. The van der Waals surface area contributed by atoms with E-state index in [4.69, 9.17) is 10.5 Å². The first kappa shape index (κ1) is 17.8. The minimum absolute atomic E-state index is 0.0884. The third kappa shape index (κ3) is 4.25. The van der Waals surface area contributed by atoms with Crippen LogP contribution in [0.15, 0.2) is 12.1 Å². The topological polar surface area (TPSA) is 55.6 Å². The summed E-state index contributed by atoms with van der Waals surface area (Å²) in [7, 11) is 0. The van der Waals surface area contributed by atoms with Crippen molar-refractivity contribution in [2.24, 2.45) is 11.7 Å². The molecule has 2 rings (SSSR count). The van der Waals surface area contributed by atoms with Crippen LogP contribution in [0.4, 0.5) is 0 Å². The zero-order chi connectivity index (χ0) is 17.1. The molecule has 1 aromatic rings. The van der Waals surface area contributed by atoms with Crippen LogP contribution in [-0.2, 0) is 4.79 Å². The van der Waals surface area contributed by atoms with Gasteiger partial charge in [-0.2, -0.15) is 0 Å². The SMILES string of the molecule is Cc1cc(C)c(C)c(OC(C(=O)N2CCC(N)CC2)C(C)C)c1. The monoisotopic (exact) mass is 318 g/mol. The van der Waals surface area contributed by atoms with Crippen molar-refractivity contribution in [1.29, 1.82) is 0 Å². The third-order valence-corrected chi connectivity index (χ3v) is 4.72. The third-order valence-electron chi connectivity index (χ3n) is 4.72. The molecule has 1 aliphatic heterocycles. The zero-order valence-corrected chi connectivity index (χ0v) is 15.1. The molecule has 1 aromatic carbocycles. The predicted octanol–water partition coefficient (Wildman–Crippen LogP) is 2.96. The highest BCUT2D eigenvalue weighted by Crippen LogP contribution is 2.26. The summed E-state index contributed by atoms with van der Waals surface area (Å²) in [4.78, 5) is 14.8. The number of benzene rings is 1. The van der Waals surface area contributed by atoms with E-state index in [1.54, 1.807) is 0 Å². The molecular formula is C19H30N2O2. The van der Waals surface area contributed by atoms with Gasteiger partial charge in [0.2, 0.25) is 0 Å². The number of nitrogens with zero attached hydrogens (tertiary/aromatic N) is 1. The lowest BCUT2D eigenvalue weighted by molar-refractivity contribution is -0.141. The van der Waals surface area contributed by atoms with Crippen molar-refractivity contribution in [3.8, 4) is 5.75 Å². The Morgan fingerprint density at radius 2 is 1.83 bits per heavy atom. The average Bonchev–Trinajstić information content (AvgIpc) is 2.49. The van der Waals surface area contributed by atoms with Gasteiger partial charge >= 0.3 is 0 Å². The minimum Gasteiger partial charge on any atom is -0.480 e. The maximum absolute atomic E-state index is 12.9. The number of hydrogen-bond donors (Lipinski definition) is 1. The number of likely N-dealkylation sites (tertiary alicyclic amines) is 1. The molecule has 23 heavy (non-hydrogen) atoms. The van der Waals surface area contributed by atoms with Gasteiger partial charge in [0.25, 0.3) is 5.91 Å². The van der Waals surface area contributed by atoms with E-state index in [9.17, 15) is 4.79 Å². The molecule has 0 radical (unpaired) electrons. The van der Waals surface area contributed by atoms with Crippen LogP contribution < -0.4 is 10.5 Å². The molecule has 0 aliphatic carbocycles. The van der Waals surface area contributed by atoms with Gasteiger partial charge < -0.3 is 15.4 Å². The van der Waals surface area contributed by atoms with Gasteiger partial charge in [-0.05, 0) is 62.3 Å². The molecule has 0 bridgehead atoms. The van der Waals surface area contributed by atoms with Gasteiger partial charge in [0.05, 0.1) is 0 Å². The Hall–Kier alpha value is -1.55. The lowest BCUT2D eigenvalue weighted by Crippen LogP contribution is -2.49. The van der Waals surface area contributed by atoms with E-state index < -0.39 is 6.10 Å². The second kappa shape index (κ2) is 7.35. The van der Waals surface area contributed by atoms with Gasteiger partial charge in [0.15, 0.2) is 6.10 Å². The van der Waals surface area contributed by atoms with Gasteiger partial charge in [-0.1, -0.05) is 19.9 Å². The Kier molecular flexibility index (Phi) is 5.69. The van der Waals surface area contributed by atoms with E-state index in [0.29, 0.717) is 0 Å². The molecule has 4 nitrogen and oxygen atoms in total. The van der Waals surface area contributed by atoms with Crippen LogP contribution in [0.1, 0.15) is 43.4 Å². The first-order valence-electron chi connectivity index (χ1n) is 8.58. The summed E-state index contributed by atoms with van der Waals surface area (Å²) in [6, 6.07) is 4.39. The van der Waals surface area contributed by atoms with E-state index in [0.717, 1.165) is 42.8 Å². The lowest BCUT2D eigenvalue weighted by atomic mass is 10.0. The number of piperidine rings is 1. The number of aryl methyl sites for hydroxylation is 2. The highest BCUT2D eigenvalue weighted by Gasteiger charge is 2.31. The van der Waals surface area contributed by atoms with Crippen LogP contribution >= 0.6 is 0 Å². The van der Waals surface area contributed by atoms with E-state index in [2.05, 4.69) is 19.9 Å². The first-order chi connectivity index (χ1) is 10.8. The molecule has 1 amide bonds. The summed E-state index contributed by atoms with van der Waals surface area (Å²) in [5.41, 5.74) is 9.39. The molecular weight excluding hydrogens is 288 g/mol. The number of rotatable bonds is 4. The summed E-state index contributed by atoms with van der Waals surface area (Å²) in [6.07, 6.45) is 1.31. The number of hydrogen-bond acceptors (Lipinski definition) is 3. The fourth-order valence-corrected chi connectivity index (χ4v) is 3.03. The second-order valence-corrected chi connectivity index (χ2v) is 7.15. The van der Waals surface area contributed by atoms with Crippen molar-refractivity contribution in [3.05, 3.63) is 28.8 Å². The van der Waals surface area contributed by atoms with E-state index in [-0.39, 0.29) is 17.9 Å². The number of ether oxygens (including phenoxy) is 1. The maximum atomic E-state index is 12.9. The molecule has 0 spiro atoms. The summed E-state index contributed by atoms with van der Waals surface area (Å²) in [5, 5.41) is 0. The lowest BCUT2D eigenvalue weighted by Gasteiger charge is -2.34. The Morgan fingerprint density at radius 3 is 2.39 bits per heavy atom. The summed E-state index contributed by atoms with van der Waals surface area (Å²) >= 11 is 0. The predicted molar refractivity (Wildman–Crippen MR) is 93.7 cm³/mol. The van der Waals surface area contributed by atoms with Gasteiger partial charge in [0.1, 0.15) is 5.75 Å². The minimum atomic E-state index is -0.441. The van der Waals surface area contributed by atoms with E-state index >= 15 is 0 Å². The molecule has 4 heteroatoms. The summed E-state index contributed by atoms with van der Waals surface area (Å²) in [6.45, 7) is 11.7. The number of carbonyl (C=O) groups is 1. The molecule has 1 fully saturated rings. The van der Waals surface area contributed by atoms with Crippen LogP contribution in [0.2, 0.25) is 0 Å². The Bertz CT molecular complexity index is 561. The van der Waals surface area contributed by atoms with Crippen LogP contribution in [-0.4, -0.2) is 36.0 Å². The molecule has 1 aliphatic rings. The Morgan fingerprint density at radius 1 is 1.22 bits per heavy atom. The molecule has 1 heterocycles. The number of carbonyl (C=O) groups excluding carboxylic acids is 1. The fourth-order valence-electron chi connectivity index (χ4n) is 3.03.